The molecule has 28 heteroatoms. The van der Waals surface area contributed by atoms with Crippen LogP contribution in [0, 0.1) is 14.7 Å². The highest BCUT2D eigenvalue weighted by molar-refractivity contribution is 5.74. The maximum Gasteiger partial charge on any atom is 0.340 e. The molecule has 28 nitrogen and oxygen atoms in total. The molecule has 6 amide bonds. The SMILES string of the molecule is CC(=O)O[C@H]1[C@@H](OC(C)=O)[C@@H](O[C@]2(CNC(=O)N(C)N=O)O[C@H](CNC(=O)N(C)N=O)[C@H](OC(C)=O)[C@@H]2OC(C)=O)O[C@@H](CNC(=O)N(C)N=O)[C@H]1OC(C)=O. The molecule has 0 saturated carbocycles. The summed E-state index contributed by atoms with van der Waals surface area (Å²) in [5, 5.41) is 15.1. The number of carbonyl (C=O) groups excluding carboxylic acids is 8. The Kier molecular flexibility index (Phi) is 16.8. The molecule has 0 unspecified atom stereocenters. The van der Waals surface area contributed by atoms with Crippen molar-refractivity contribution in [3.63, 3.8) is 0 Å². The minimum Gasteiger partial charge on any atom is -0.456 e. The second-order valence-corrected chi connectivity index (χ2v) is 11.8. The number of carbonyl (C=O) groups is 8. The Labute approximate surface area is 316 Å². The van der Waals surface area contributed by atoms with E-state index >= 15 is 0 Å². The van der Waals surface area contributed by atoms with Crippen LogP contribution in [-0.2, 0) is 61.9 Å². The predicted molar refractivity (Wildman–Crippen MR) is 176 cm³/mol. The molecule has 9 atom stereocenters. The van der Waals surface area contributed by atoms with E-state index in [0.717, 1.165) is 55.8 Å². The Morgan fingerprint density at radius 1 is 0.554 bits per heavy atom. The Bertz CT molecular complexity index is 1540. The molecule has 56 heavy (non-hydrogen) atoms. The van der Waals surface area contributed by atoms with E-state index < -0.39 is 122 Å². The number of ether oxygens (including phenoxy) is 8. The maximum atomic E-state index is 12.8. The van der Waals surface area contributed by atoms with Crippen LogP contribution in [0.4, 0.5) is 14.4 Å². The lowest BCUT2D eigenvalue weighted by molar-refractivity contribution is -0.373. The van der Waals surface area contributed by atoms with Gasteiger partial charge in [-0.15, -0.1) is 14.7 Å². The Morgan fingerprint density at radius 2 is 0.946 bits per heavy atom. The molecule has 312 valence electrons. The molecule has 0 spiro atoms. The number of urea groups is 3. The van der Waals surface area contributed by atoms with E-state index in [0.29, 0.717) is 10.0 Å². The van der Waals surface area contributed by atoms with E-state index in [4.69, 9.17) is 37.9 Å². The second-order valence-electron chi connectivity index (χ2n) is 11.8. The van der Waals surface area contributed by atoms with Crippen LogP contribution < -0.4 is 16.0 Å². The lowest BCUT2D eigenvalue weighted by Crippen LogP contribution is -2.67. The van der Waals surface area contributed by atoms with Gasteiger partial charge in [0.15, 0.2) is 30.5 Å². The van der Waals surface area contributed by atoms with Crippen molar-refractivity contribution >= 4 is 47.9 Å². The number of amides is 6. The van der Waals surface area contributed by atoms with E-state index in [9.17, 15) is 53.1 Å². The van der Waals surface area contributed by atoms with Gasteiger partial charge in [0.2, 0.25) is 12.1 Å². The fraction of sp³-hybridized carbons (Fsp3) is 0.714. The number of esters is 5. The van der Waals surface area contributed by atoms with Crippen LogP contribution in [0.1, 0.15) is 34.6 Å². The second kappa shape index (κ2) is 20.5. The van der Waals surface area contributed by atoms with Gasteiger partial charge in [-0.1, -0.05) is 0 Å². The molecule has 2 saturated heterocycles. The smallest absolute Gasteiger partial charge is 0.340 e. The van der Waals surface area contributed by atoms with Gasteiger partial charge in [-0.25, -0.2) is 14.4 Å². The Morgan fingerprint density at radius 3 is 1.39 bits per heavy atom. The van der Waals surface area contributed by atoms with Crippen LogP contribution in [-0.4, -0.2) is 159 Å². The molecule has 2 fully saturated rings. The van der Waals surface area contributed by atoms with E-state index in [1.165, 1.54) is 0 Å². The van der Waals surface area contributed by atoms with Gasteiger partial charge in [0.05, 0.1) is 22.4 Å². The quantitative estimate of drug-likeness (QED) is 0.0687. The Hall–Kier alpha value is -6.16. The summed E-state index contributed by atoms with van der Waals surface area (Å²) >= 11 is 0. The van der Waals surface area contributed by atoms with Gasteiger partial charge in [-0.3, -0.25) is 24.0 Å². The van der Waals surface area contributed by atoms with E-state index in [1.54, 1.807) is 0 Å². The first-order chi connectivity index (χ1) is 26.2. The first-order valence-corrected chi connectivity index (χ1v) is 16.1. The van der Waals surface area contributed by atoms with Gasteiger partial charge in [-0.2, -0.15) is 15.0 Å². The van der Waals surface area contributed by atoms with Crippen molar-refractivity contribution in [2.24, 2.45) is 15.9 Å². The first-order valence-electron chi connectivity index (χ1n) is 16.1. The van der Waals surface area contributed by atoms with Crippen LogP contribution in [0.25, 0.3) is 0 Å². The molecule has 3 N–H and O–H groups in total. The summed E-state index contributed by atoms with van der Waals surface area (Å²) in [5.74, 6) is -7.82. The van der Waals surface area contributed by atoms with Crippen molar-refractivity contribution in [3.8, 4) is 0 Å². The van der Waals surface area contributed by atoms with Gasteiger partial charge < -0.3 is 53.8 Å². The molecule has 0 aliphatic carbocycles. The fourth-order valence-electron chi connectivity index (χ4n) is 5.28. The number of nitrogens with one attached hydrogen (secondary N) is 3. The number of nitroso groups, excluding NO2 is 3. The highest BCUT2D eigenvalue weighted by Gasteiger charge is 2.64. The number of hydrogen-bond donors (Lipinski definition) is 3. The van der Waals surface area contributed by atoms with Crippen molar-refractivity contribution in [3.05, 3.63) is 14.7 Å². The van der Waals surface area contributed by atoms with Crippen LogP contribution in [0.3, 0.4) is 0 Å². The summed E-state index contributed by atoms with van der Waals surface area (Å²) in [7, 11) is 2.93. The summed E-state index contributed by atoms with van der Waals surface area (Å²) in [6.07, 6.45) is -14.5. The average Bonchev–Trinajstić information content (AvgIpc) is 3.39. The zero-order valence-corrected chi connectivity index (χ0v) is 31.2. The van der Waals surface area contributed by atoms with Crippen molar-refractivity contribution in [2.75, 3.05) is 40.8 Å². The standard InChI is InChI=1S/C28H41N9O19/c1-12(38)49-19-17(9-29-25(43)35(6)32-46)54-24(22(52-15(4)41)21(19)51-14(3)40)56-28(11-31-27(45)37(8)34-48)23(53-16(5)42)20(50-13(2)39)18(55-28)10-30-26(44)36(7)33-47/h17-24H,9-11H2,1-8H3,(H,29,43)(H,30,44)(H,31,45)/t17-,18+,19+,20-,21+,22+,23-,24+,28-/m0/s1. The van der Waals surface area contributed by atoms with Gasteiger partial charge in [0.25, 0.3) is 0 Å². The predicted octanol–water partition coefficient (Wildman–Crippen LogP) is -1.55. The highest BCUT2D eigenvalue weighted by atomic mass is 16.8. The molecule has 2 aliphatic rings. The zero-order chi connectivity index (χ0) is 42.5. The minimum absolute atomic E-state index is 0.288. The van der Waals surface area contributed by atoms with Gasteiger partial charge >= 0.3 is 47.9 Å². The number of nitrogens with zero attached hydrogens (tertiary/aromatic N) is 6. The molecule has 0 radical (unpaired) electrons. The average molecular weight is 808 g/mol. The largest absolute Gasteiger partial charge is 0.456 e. The van der Waals surface area contributed by atoms with Crippen LogP contribution in [0.2, 0.25) is 0 Å². The van der Waals surface area contributed by atoms with Crippen LogP contribution >= 0.6 is 0 Å². The molecular formula is C28H41N9O19. The number of rotatable bonds is 16. The monoisotopic (exact) mass is 807 g/mol. The molecule has 0 bridgehead atoms. The lowest BCUT2D eigenvalue weighted by atomic mass is 9.97. The molecular weight excluding hydrogens is 766 g/mol. The first kappa shape index (κ1) is 46.0. The van der Waals surface area contributed by atoms with Crippen LogP contribution in [0.5, 0.6) is 0 Å². The van der Waals surface area contributed by atoms with Crippen LogP contribution in [0.15, 0.2) is 15.9 Å². The van der Waals surface area contributed by atoms with E-state index in [1.807, 2.05) is 0 Å². The molecule has 2 rings (SSSR count). The third-order valence-electron chi connectivity index (χ3n) is 7.50. The van der Waals surface area contributed by atoms with E-state index in [2.05, 4.69) is 31.8 Å². The third kappa shape index (κ3) is 12.4. The molecule has 2 heterocycles. The van der Waals surface area contributed by atoms with E-state index in [-0.39, 0.29) is 5.01 Å². The van der Waals surface area contributed by atoms with Crippen molar-refractivity contribution in [1.29, 1.82) is 0 Å². The van der Waals surface area contributed by atoms with Crippen molar-refractivity contribution < 1.29 is 76.3 Å². The van der Waals surface area contributed by atoms with Gasteiger partial charge in [0.1, 0.15) is 12.2 Å². The third-order valence-corrected chi connectivity index (χ3v) is 7.50. The molecule has 2 aliphatic heterocycles. The van der Waals surface area contributed by atoms with Crippen molar-refractivity contribution in [2.45, 2.75) is 89.4 Å². The summed E-state index contributed by atoms with van der Waals surface area (Å²) in [6.45, 7) is 2.39. The fourth-order valence-corrected chi connectivity index (χ4v) is 5.28. The summed E-state index contributed by atoms with van der Waals surface area (Å²) in [6, 6.07) is -3.40. The molecule has 0 aromatic heterocycles. The number of hydrogen-bond acceptors (Lipinski definition) is 22. The topological polar surface area (TPSA) is 344 Å². The highest BCUT2D eigenvalue weighted by Crippen LogP contribution is 2.40. The summed E-state index contributed by atoms with van der Waals surface area (Å²) in [5.41, 5.74) is 0. The normalized spacial score (nSPS) is 26.5. The lowest BCUT2D eigenvalue weighted by Gasteiger charge is -2.47. The Balaban J connectivity index is 2.88. The molecule has 0 aromatic carbocycles. The molecule has 0 aromatic rings. The maximum absolute atomic E-state index is 12.8. The van der Waals surface area contributed by atoms with Gasteiger partial charge in [0, 0.05) is 68.9 Å². The van der Waals surface area contributed by atoms with Crippen molar-refractivity contribution in [1.82, 2.24) is 31.0 Å². The summed E-state index contributed by atoms with van der Waals surface area (Å²) < 4.78 is 45.6. The summed E-state index contributed by atoms with van der Waals surface area (Å²) in [4.78, 5) is 133. The van der Waals surface area contributed by atoms with Gasteiger partial charge in [-0.05, 0) is 0 Å². The minimum atomic E-state index is -2.68. The zero-order valence-electron chi connectivity index (χ0n) is 31.2.